The van der Waals surface area contributed by atoms with Crippen molar-refractivity contribution in [3.05, 3.63) is 18.3 Å². The van der Waals surface area contributed by atoms with Crippen molar-refractivity contribution in [2.24, 2.45) is 0 Å². The van der Waals surface area contributed by atoms with Gasteiger partial charge in [-0.2, -0.15) is 5.10 Å². The number of hydrogen-bond acceptors (Lipinski definition) is 4. The van der Waals surface area contributed by atoms with Crippen molar-refractivity contribution in [2.45, 2.75) is 38.9 Å². The molecule has 2 heterocycles. The first-order valence-electron chi connectivity index (χ1n) is 6.71. The molecule has 20 heavy (non-hydrogen) atoms. The zero-order valence-corrected chi connectivity index (χ0v) is 12.5. The average molecular weight is 274 g/mol. The molecule has 1 aromatic heterocycles. The second kappa shape index (κ2) is 4.23. The molecule has 5 nitrogen and oxygen atoms in total. The lowest BCUT2D eigenvalue weighted by molar-refractivity contribution is 0.00578. The van der Waals surface area contributed by atoms with Gasteiger partial charge in [-0.1, -0.05) is 0 Å². The van der Waals surface area contributed by atoms with E-state index >= 15 is 0 Å². The van der Waals surface area contributed by atoms with Gasteiger partial charge in [-0.05, 0) is 39.8 Å². The highest BCUT2D eigenvalue weighted by Crippen LogP contribution is 2.37. The Morgan fingerprint density at radius 3 is 2.40 bits per heavy atom. The van der Waals surface area contributed by atoms with Crippen LogP contribution in [0.15, 0.2) is 18.3 Å². The number of hydrogen-bond donors (Lipinski definition) is 1. The molecule has 0 spiro atoms. The minimum atomic E-state index is -0.442. The highest BCUT2D eigenvalue weighted by atomic mass is 16.7. The number of rotatable bonds is 2. The first kappa shape index (κ1) is 13.5. The number of aromatic amines is 1. The van der Waals surface area contributed by atoms with Crippen LogP contribution in [0.5, 0.6) is 5.75 Å². The van der Waals surface area contributed by atoms with E-state index in [9.17, 15) is 0 Å². The lowest BCUT2D eigenvalue weighted by Gasteiger charge is -2.32. The quantitative estimate of drug-likeness (QED) is 0.849. The van der Waals surface area contributed by atoms with Gasteiger partial charge < -0.3 is 14.0 Å². The molecule has 6 heteroatoms. The van der Waals surface area contributed by atoms with Gasteiger partial charge in [0.2, 0.25) is 0 Å². The largest absolute Gasteiger partial charge is 0.498 e. The van der Waals surface area contributed by atoms with Gasteiger partial charge in [0.15, 0.2) is 0 Å². The lowest BCUT2D eigenvalue weighted by atomic mass is 9.78. The second-order valence-corrected chi connectivity index (χ2v) is 6.14. The molecular weight excluding hydrogens is 255 g/mol. The highest BCUT2D eigenvalue weighted by molar-refractivity contribution is 6.63. The molecule has 2 aromatic rings. The van der Waals surface area contributed by atoms with Crippen LogP contribution in [0.2, 0.25) is 0 Å². The summed E-state index contributed by atoms with van der Waals surface area (Å²) in [7, 11) is 1.21. The molecule has 1 aromatic carbocycles. The highest BCUT2D eigenvalue weighted by Gasteiger charge is 2.52. The van der Waals surface area contributed by atoms with Crippen molar-refractivity contribution >= 4 is 23.5 Å². The van der Waals surface area contributed by atoms with E-state index in [-0.39, 0.29) is 11.2 Å². The normalized spacial score (nSPS) is 20.6. The summed E-state index contributed by atoms with van der Waals surface area (Å²) in [5, 5.41) is 8.00. The molecule has 1 aliphatic heterocycles. The Balaban J connectivity index is 2.06. The molecule has 1 aliphatic rings. The van der Waals surface area contributed by atoms with Gasteiger partial charge in [0.05, 0.1) is 30.0 Å². The van der Waals surface area contributed by atoms with Crippen LogP contribution in [0.1, 0.15) is 27.7 Å². The van der Waals surface area contributed by atoms with E-state index in [1.54, 1.807) is 13.3 Å². The minimum Gasteiger partial charge on any atom is -0.497 e. The molecule has 3 rings (SSSR count). The van der Waals surface area contributed by atoms with Gasteiger partial charge in [0.1, 0.15) is 5.75 Å². The van der Waals surface area contributed by atoms with Crippen LogP contribution < -0.4 is 10.2 Å². The van der Waals surface area contributed by atoms with Gasteiger partial charge >= 0.3 is 7.12 Å². The maximum atomic E-state index is 6.08. The number of aromatic nitrogens is 2. The molecule has 0 atom stereocenters. The molecule has 1 fully saturated rings. The Morgan fingerprint density at radius 1 is 1.15 bits per heavy atom. The number of benzene rings is 1. The van der Waals surface area contributed by atoms with Gasteiger partial charge in [-0.25, -0.2) is 0 Å². The topological polar surface area (TPSA) is 56.4 Å². The number of methoxy groups -OCH3 is 1. The van der Waals surface area contributed by atoms with Crippen molar-refractivity contribution in [1.29, 1.82) is 0 Å². The van der Waals surface area contributed by atoms with Crippen molar-refractivity contribution in [3.63, 3.8) is 0 Å². The summed E-state index contributed by atoms with van der Waals surface area (Å²) in [4.78, 5) is 0. The van der Waals surface area contributed by atoms with Crippen LogP contribution in [0.3, 0.4) is 0 Å². The van der Waals surface area contributed by atoms with E-state index in [4.69, 9.17) is 14.0 Å². The van der Waals surface area contributed by atoms with Crippen LogP contribution in [-0.4, -0.2) is 35.6 Å². The van der Waals surface area contributed by atoms with E-state index in [1.165, 1.54) is 0 Å². The molecule has 0 bridgehead atoms. The number of ether oxygens (including phenoxy) is 1. The Morgan fingerprint density at radius 2 is 1.80 bits per heavy atom. The van der Waals surface area contributed by atoms with Crippen molar-refractivity contribution in [3.8, 4) is 5.75 Å². The number of H-pyrrole nitrogens is 1. The molecule has 0 saturated carbocycles. The van der Waals surface area contributed by atoms with Gasteiger partial charge in [0, 0.05) is 10.8 Å². The summed E-state index contributed by atoms with van der Waals surface area (Å²) >= 11 is 0. The molecule has 1 saturated heterocycles. The van der Waals surface area contributed by atoms with E-state index in [1.807, 2.05) is 39.8 Å². The van der Waals surface area contributed by atoms with Crippen LogP contribution in [0.25, 0.3) is 10.9 Å². The summed E-state index contributed by atoms with van der Waals surface area (Å²) in [6.07, 6.45) is 1.77. The summed E-state index contributed by atoms with van der Waals surface area (Å²) in [6, 6.07) is 3.92. The zero-order valence-electron chi connectivity index (χ0n) is 12.5. The third kappa shape index (κ3) is 1.91. The molecular formula is C14H19BN2O3. The SMILES string of the molecule is COc1cc2cn[nH]c2cc1B1OC(C)(C)C(C)(C)O1. The second-order valence-electron chi connectivity index (χ2n) is 6.14. The van der Waals surface area contributed by atoms with Gasteiger partial charge in [-0.3, -0.25) is 5.10 Å². The molecule has 106 valence electrons. The van der Waals surface area contributed by atoms with Crippen LogP contribution >= 0.6 is 0 Å². The van der Waals surface area contributed by atoms with Crippen molar-refractivity contribution in [1.82, 2.24) is 10.2 Å². The monoisotopic (exact) mass is 274 g/mol. The Labute approximate surface area is 118 Å². The maximum absolute atomic E-state index is 6.08. The van der Waals surface area contributed by atoms with Crippen LogP contribution in [0, 0.1) is 0 Å². The molecule has 0 amide bonds. The third-order valence-corrected chi connectivity index (χ3v) is 4.30. The molecule has 0 radical (unpaired) electrons. The van der Waals surface area contributed by atoms with Gasteiger partial charge in [-0.15, -0.1) is 0 Å². The minimum absolute atomic E-state index is 0.369. The third-order valence-electron chi connectivity index (χ3n) is 4.30. The lowest BCUT2D eigenvalue weighted by Crippen LogP contribution is -2.41. The average Bonchev–Trinajstić information content (AvgIpc) is 2.89. The summed E-state index contributed by atoms with van der Waals surface area (Å²) in [5.74, 6) is 0.748. The summed E-state index contributed by atoms with van der Waals surface area (Å²) in [6.45, 7) is 8.14. The first-order chi connectivity index (χ1) is 9.34. The molecule has 0 unspecified atom stereocenters. The van der Waals surface area contributed by atoms with E-state index in [2.05, 4.69) is 10.2 Å². The van der Waals surface area contributed by atoms with E-state index in [0.717, 1.165) is 22.1 Å². The molecule has 0 aliphatic carbocycles. The van der Waals surface area contributed by atoms with Crippen LogP contribution in [0.4, 0.5) is 0 Å². The predicted octanol–water partition coefficient (Wildman–Crippen LogP) is 1.87. The Kier molecular flexibility index (Phi) is 2.85. The van der Waals surface area contributed by atoms with Crippen molar-refractivity contribution < 1.29 is 14.0 Å². The van der Waals surface area contributed by atoms with E-state index in [0.29, 0.717) is 0 Å². The Hall–Kier alpha value is -1.53. The number of nitrogens with one attached hydrogen (secondary N) is 1. The van der Waals surface area contributed by atoms with Crippen molar-refractivity contribution in [2.75, 3.05) is 7.11 Å². The predicted molar refractivity (Wildman–Crippen MR) is 78.4 cm³/mol. The standard InChI is InChI=1S/C14H19BN2O3/c1-13(2)14(3,4)20-15(19-13)10-7-11-9(8-16-17-11)6-12(10)18-5/h6-8H,1-5H3,(H,16,17). The van der Waals surface area contributed by atoms with E-state index < -0.39 is 7.12 Å². The summed E-state index contributed by atoms with van der Waals surface area (Å²) < 4.78 is 17.6. The maximum Gasteiger partial charge on any atom is 0.498 e. The fourth-order valence-corrected chi connectivity index (χ4v) is 2.32. The van der Waals surface area contributed by atoms with Gasteiger partial charge in [0.25, 0.3) is 0 Å². The molecule has 1 N–H and O–H groups in total. The fourth-order valence-electron chi connectivity index (χ4n) is 2.32. The number of nitrogens with zero attached hydrogens (tertiary/aromatic N) is 1. The first-order valence-corrected chi connectivity index (χ1v) is 6.71. The smallest absolute Gasteiger partial charge is 0.497 e. The summed E-state index contributed by atoms with van der Waals surface area (Å²) in [5.41, 5.74) is 1.08. The van der Waals surface area contributed by atoms with Crippen LogP contribution in [-0.2, 0) is 9.31 Å². The number of fused-ring (bicyclic) bond motifs is 1. The fraction of sp³-hybridized carbons (Fsp3) is 0.500. The zero-order chi connectivity index (χ0) is 14.5. The Bertz CT molecular complexity index is 635.